The summed E-state index contributed by atoms with van der Waals surface area (Å²) in [5.41, 5.74) is 8.23. The third-order valence-electron chi connectivity index (χ3n) is 13.6. The Labute approximate surface area is 409 Å². The topological polar surface area (TPSA) is 502 Å². The van der Waals surface area contributed by atoms with Gasteiger partial charge in [-0.3, -0.25) is 4.84 Å². The Morgan fingerprint density at radius 1 is 0.306 bits per heavy atom. The van der Waals surface area contributed by atoms with Crippen LogP contribution in [0, 0.1) is 0 Å². The SMILES string of the molecule is NCCCCNO[C@@H]1[C@@H](O)[C@H]2O[C@H]3[C@H](O)[C@@H](O)[C@@H](O[C@H]4[C@H](O)[C@@H](O)[C@@H](O[C@H]5[C@H](O)[C@@H](O)[C@@H](O[C@H]6[C@H](O)[C@@H](O)[C@@H](O[C@H]7[C@H](O)[C@@H](O)[C@@H](O[C@H]1[C@@H](CO)O2)O[C@@H]7CO)O[C@@H]6CO)O[C@@H]5CO)O[C@@H]4CO)O[C@@H]3CO. The number of unbranched alkanes of at least 4 members (excludes halogenated alkanes) is 1. The zero-order valence-corrected chi connectivity index (χ0v) is 38.4. The van der Waals surface area contributed by atoms with Crippen molar-refractivity contribution in [1.29, 1.82) is 0 Å². The summed E-state index contributed by atoms with van der Waals surface area (Å²) in [5.74, 6) is 0. The summed E-state index contributed by atoms with van der Waals surface area (Å²) in [6.07, 6.45) is -56.5. The van der Waals surface area contributed by atoms with E-state index in [1.807, 2.05) is 0 Å². The summed E-state index contributed by atoms with van der Waals surface area (Å²) in [6.45, 7) is -5.46. The van der Waals surface area contributed by atoms with Gasteiger partial charge in [0.15, 0.2) is 37.7 Å². The lowest BCUT2D eigenvalue weighted by Gasteiger charge is -2.51. The van der Waals surface area contributed by atoms with Crippen LogP contribution in [-0.4, -0.2) is 324 Å². The highest BCUT2D eigenvalue weighted by Crippen LogP contribution is 2.38. The standard InChI is InChI=1S/C40H70N2O30/c41-3-1-2-4-42-72-34-27(59)40-65-16(10-48)33(34)71-39-26(58)21(53)31(14(8-46)64-39)69-37-24(56)19(51)29(12(6-44)62-37)67-35-22(54)17(49)28(11(5-43)60-35)66-36-23(55)18(50)30(13(7-45)61-36)68-38-25(57)20(52)32(70-40)15(9-47)63-38/h11-40,42-59H,1-10,41H2/t11-,12-,13-,14-,15-,16-,17-,18-,19-,20-,21-,22-,23-,24-,25-,26-,27-,28-,29-,30-,31-,32-,33+,34-,35-,36-,37-,38-,39-,40-/m1/s1. The molecule has 30 atom stereocenters. The van der Waals surface area contributed by atoms with Crippen LogP contribution in [0.2, 0.25) is 0 Å². The summed E-state index contributed by atoms with van der Waals surface area (Å²) in [6, 6.07) is 0. The van der Waals surface area contributed by atoms with Crippen LogP contribution in [0.4, 0.5) is 0 Å². The van der Waals surface area contributed by atoms with Crippen molar-refractivity contribution >= 4 is 0 Å². The van der Waals surface area contributed by atoms with Crippen LogP contribution in [0.3, 0.4) is 0 Å². The predicted molar refractivity (Wildman–Crippen MR) is 221 cm³/mol. The van der Waals surface area contributed by atoms with E-state index in [-0.39, 0.29) is 6.54 Å². The van der Waals surface area contributed by atoms with E-state index in [0.29, 0.717) is 19.4 Å². The van der Waals surface area contributed by atoms with E-state index in [4.69, 9.17) is 67.4 Å². The average molecular weight is 1060 g/mol. The van der Waals surface area contributed by atoms with Crippen LogP contribution in [0.5, 0.6) is 0 Å². The van der Waals surface area contributed by atoms with E-state index < -0.39 is 224 Å². The molecule has 22 rings (SSSR count). The van der Waals surface area contributed by atoms with Gasteiger partial charge < -0.3 is 149 Å². The maximum Gasteiger partial charge on any atom is 0.187 e. The second-order valence-corrected chi connectivity index (χ2v) is 18.3. The van der Waals surface area contributed by atoms with Crippen molar-refractivity contribution in [3.05, 3.63) is 0 Å². The van der Waals surface area contributed by atoms with Crippen molar-refractivity contribution in [2.24, 2.45) is 5.73 Å². The molecule has 22 fully saturated rings. The molecule has 420 valence electrons. The number of ether oxygens (including phenoxy) is 12. The number of nitrogens with two attached hydrogens (primary N) is 1. The van der Waals surface area contributed by atoms with Crippen molar-refractivity contribution in [1.82, 2.24) is 5.48 Å². The fraction of sp³-hybridized carbons (Fsp3) is 1.00. The summed E-state index contributed by atoms with van der Waals surface area (Å²) in [5, 5.41) is 188. The Morgan fingerprint density at radius 3 is 0.792 bits per heavy atom. The monoisotopic (exact) mass is 1060 g/mol. The molecular weight excluding hydrogens is 988 g/mol. The van der Waals surface area contributed by atoms with Crippen LogP contribution in [0.25, 0.3) is 0 Å². The molecule has 32 nitrogen and oxygen atoms in total. The number of rotatable bonds is 12. The maximum atomic E-state index is 11.8. The number of hydrogen-bond donors (Lipinski definition) is 19. The van der Waals surface area contributed by atoms with Crippen molar-refractivity contribution in [2.75, 3.05) is 52.7 Å². The van der Waals surface area contributed by atoms with Gasteiger partial charge in [-0.15, -0.1) is 0 Å². The third-order valence-corrected chi connectivity index (χ3v) is 13.6. The summed E-state index contributed by atoms with van der Waals surface area (Å²) in [7, 11) is 0. The van der Waals surface area contributed by atoms with Gasteiger partial charge in [0, 0.05) is 6.54 Å². The molecule has 32 heteroatoms. The van der Waals surface area contributed by atoms with E-state index in [1.54, 1.807) is 0 Å². The summed E-state index contributed by atoms with van der Waals surface area (Å²) >= 11 is 0. The van der Waals surface area contributed by atoms with E-state index in [2.05, 4.69) is 5.48 Å². The minimum atomic E-state index is -2.15. The zero-order chi connectivity index (χ0) is 52.3. The zero-order valence-electron chi connectivity index (χ0n) is 38.4. The normalized spacial score (nSPS) is 51.8. The van der Waals surface area contributed by atoms with Gasteiger partial charge in [0.1, 0.15) is 146 Å². The fourth-order valence-electron chi connectivity index (χ4n) is 9.54. The van der Waals surface area contributed by atoms with Gasteiger partial charge in [0.05, 0.1) is 39.6 Å². The quantitative estimate of drug-likeness (QED) is 0.0637. The van der Waals surface area contributed by atoms with Gasteiger partial charge in [0.2, 0.25) is 0 Å². The summed E-state index contributed by atoms with van der Waals surface area (Å²) < 4.78 is 69.4. The molecule has 0 amide bonds. The molecule has 72 heavy (non-hydrogen) atoms. The molecule has 22 aliphatic heterocycles. The van der Waals surface area contributed by atoms with Gasteiger partial charge in [0.25, 0.3) is 0 Å². The first-order valence-corrected chi connectivity index (χ1v) is 23.5. The molecule has 22 aliphatic rings. The largest absolute Gasteiger partial charge is 0.394 e. The Balaban J connectivity index is 1.21. The van der Waals surface area contributed by atoms with Crippen molar-refractivity contribution < 1.29 is 148 Å². The first-order chi connectivity index (χ1) is 34.5. The lowest BCUT2D eigenvalue weighted by Crippen LogP contribution is -2.69. The molecule has 0 aromatic carbocycles. The van der Waals surface area contributed by atoms with E-state index in [9.17, 15) is 86.8 Å². The van der Waals surface area contributed by atoms with Crippen LogP contribution in [-0.2, 0) is 61.7 Å². The number of aliphatic hydroxyl groups excluding tert-OH is 17. The molecule has 0 aromatic rings. The lowest BCUT2D eigenvalue weighted by molar-refractivity contribution is -0.406. The predicted octanol–water partition coefficient (Wildman–Crippen LogP) is -12.8. The molecule has 0 saturated carbocycles. The van der Waals surface area contributed by atoms with Gasteiger partial charge in [-0.2, -0.15) is 0 Å². The number of hydrogen-bond acceptors (Lipinski definition) is 32. The van der Waals surface area contributed by atoms with Crippen LogP contribution < -0.4 is 11.2 Å². The molecule has 12 bridgehead atoms. The Hall–Kier alpha value is -1.28. The van der Waals surface area contributed by atoms with Crippen molar-refractivity contribution in [2.45, 2.75) is 197 Å². The van der Waals surface area contributed by atoms with Crippen LogP contribution in [0.15, 0.2) is 0 Å². The highest BCUT2D eigenvalue weighted by atomic mass is 16.8. The molecule has 0 aromatic heterocycles. The second kappa shape index (κ2) is 25.9. The molecule has 20 N–H and O–H groups in total. The number of nitrogens with one attached hydrogen (secondary N) is 1. The highest BCUT2D eigenvalue weighted by Gasteiger charge is 2.59. The number of aliphatic hydroxyl groups is 17. The second-order valence-electron chi connectivity index (χ2n) is 18.3. The van der Waals surface area contributed by atoms with E-state index >= 15 is 0 Å². The summed E-state index contributed by atoms with van der Waals surface area (Å²) in [4.78, 5) is 5.81. The molecule has 22 saturated heterocycles. The first-order valence-electron chi connectivity index (χ1n) is 23.5. The number of hydroxylamine groups is 1. The van der Waals surface area contributed by atoms with Gasteiger partial charge in [-0.25, -0.2) is 5.48 Å². The lowest BCUT2D eigenvalue weighted by atomic mass is 9.94. The Morgan fingerprint density at radius 2 is 0.542 bits per heavy atom. The van der Waals surface area contributed by atoms with Crippen molar-refractivity contribution in [3.8, 4) is 0 Å². The molecular formula is C40H70N2O30. The first kappa shape index (κ1) is 58.4. The van der Waals surface area contributed by atoms with Crippen LogP contribution >= 0.6 is 0 Å². The molecule has 0 spiro atoms. The van der Waals surface area contributed by atoms with Gasteiger partial charge in [-0.05, 0) is 19.4 Å². The van der Waals surface area contributed by atoms with Gasteiger partial charge >= 0.3 is 0 Å². The fourth-order valence-corrected chi connectivity index (χ4v) is 9.54. The Kier molecular flexibility index (Phi) is 21.0. The Bertz CT molecular complexity index is 1630. The molecule has 0 aliphatic carbocycles. The minimum Gasteiger partial charge on any atom is -0.394 e. The maximum absolute atomic E-state index is 11.8. The molecule has 0 radical (unpaired) electrons. The minimum absolute atomic E-state index is 0.131. The van der Waals surface area contributed by atoms with Crippen LogP contribution in [0.1, 0.15) is 12.8 Å². The molecule has 22 heterocycles. The van der Waals surface area contributed by atoms with E-state index in [1.165, 1.54) is 0 Å². The third kappa shape index (κ3) is 12.1. The van der Waals surface area contributed by atoms with Gasteiger partial charge in [-0.1, -0.05) is 0 Å². The van der Waals surface area contributed by atoms with E-state index in [0.717, 1.165) is 0 Å². The smallest absolute Gasteiger partial charge is 0.187 e. The highest BCUT2D eigenvalue weighted by molar-refractivity contribution is 5.01. The molecule has 0 unspecified atom stereocenters. The average Bonchev–Trinajstić information content (AvgIpc) is 3.37. The van der Waals surface area contributed by atoms with Crippen molar-refractivity contribution in [3.63, 3.8) is 0 Å².